The number of urea groups is 1. The van der Waals surface area contributed by atoms with Crippen molar-refractivity contribution in [3.63, 3.8) is 0 Å². The monoisotopic (exact) mass is 297 g/mol. The first-order valence-electron chi connectivity index (χ1n) is 7.26. The minimum Gasteiger partial charge on any atom is -0.481 e. The van der Waals surface area contributed by atoms with E-state index in [-0.39, 0.29) is 11.9 Å². The summed E-state index contributed by atoms with van der Waals surface area (Å²) in [6, 6.07) is -0.372. The van der Waals surface area contributed by atoms with Crippen molar-refractivity contribution in [1.29, 1.82) is 0 Å². The number of carbonyl (C=O) groups excluding carboxylic acids is 2. The molecule has 0 aromatic carbocycles. The third-order valence-corrected chi connectivity index (χ3v) is 4.38. The molecule has 2 N–H and O–H groups in total. The number of likely N-dealkylation sites (tertiary alicyclic amines) is 1. The van der Waals surface area contributed by atoms with E-state index in [0.717, 1.165) is 13.0 Å². The molecule has 2 aliphatic rings. The van der Waals surface area contributed by atoms with Crippen LogP contribution in [0.1, 0.15) is 33.6 Å². The van der Waals surface area contributed by atoms with Gasteiger partial charge in [-0.05, 0) is 40.2 Å². The van der Waals surface area contributed by atoms with Gasteiger partial charge in [0.05, 0.1) is 5.41 Å². The van der Waals surface area contributed by atoms with Gasteiger partial charge in [-0.1, -0.05) is 0 Å². The summed E-state index contributed by atoms with van der Waals surface area (Å²) in [7, 11) is 0. The number of amides is 3. The molecule has 0 aliphatic carbocycles. The second-order valence-electron chi connectivity index (χ2n) is 6.76. The molecule has 118 valence electrons. The van der Waals surface area contributed by atoms with Crippen molar-refractivity contribution in [1.82, 2.24) is 15.1 Å². The molecule has 0 bridgehead atoms. The number of rotatable bonds is 4. The Morgan fingerprint density at radius 2 is 1.95 bits per heavy atom. The topological polar surface area (TPSA) is 89.9 Å². The van der Waals surface area contributed by atoms with E-state index in [0.29, 0.717) is 26.1 Å². The number of nitrogens with zero attached hydrogens (tertiary/aromatic N) is 2. The molecule has 2 aliphatic heterocycles. The molecule has 2 rings (SSSR count). The molecule has 2 fully saturated rings. The highest BCUT2D eigenvalue weighted by Gasteiger charge is 2.44. The number of carbonyl (C=O) groups is 3. The van der Waals surface area contributed by atoms with Gasteiger partial charge in [-0.2, -0.15) is 0 Å². The van der Waals surface area contributed by atoms with E-state index in [1.54, 1.807) is 20.8 Å². The number of imide groups is 1. The molecule has 1 atom stereocenters. The van der Waals surface area contributed by atoms with Crippen molar-refractivity contribution < 1.29 is 19.5 Å². The molecule has 0 spiro atoms. The Balaban J connectivity index is 1.93. The fourth-order valence-electron chi connectivity index (χ4n) is 2.97. The van der Waals surface area contributed by atoms with Crippen LogP contribution in [0.3, 0.4) is 0 Å². The van der Waals surface area contributed by atoms with Gasteiger partial charge in [-0.25, -0.2) is 4.79 Å². The molecule has 0 aromatic heterocycles. The Labute approximate surface area is 124 Å². The number of carboxylic acid groups (broad SMARTS) is 1. The lowest BCUT2D eigenvalue weighted by molar-refractivity contribution is -0.151. The van der Waals surface area contributed by atoms with Crippen molar-refractivity contribution in [3.8, 4) is 0 Å². The Kier molecular flexibility index (Phi) is 3.97. The Bertz CT molecular complexity index is 477. The van der Waals surface area contributed by atoms with Crippen molar-refractivity contribution in [2.24, 2.45) is 5.41 Å². The highest BCUT2D eigenvalue weighted by atomic mass is 16.4. The third kappa shape index (κ3) is 3.02. The van der Waals surface area contributed by atoms with Crippen LogP contribution in [0.25, 0.3) is 0 Å². The summed E-state index contributed by atoms with van der Waals surface area (Å²) < 4.78 is 0. The summed E-state index contributed by atoms with van der Waals surface area (Å²) in [5, 5.41) is 11.9. The molecular formula is C14H23N3O4. The molecule has 2 saturated heterocycles. The van der Waals surface area contributed by atoms with Gasteiger partial charge in [0.2, 0.25) is 0 Å². The minimum absolute atomic E-state index is 0.231. The predicted molar refractivity (Wildman–Crippen MR) is 75.7 cm³/mol. The zero-order valence-electron chi connectivity index (χ0n) is 12.8. The van der Waals surface area contributed by atoms with Gasteiger partial charge >= 0.3 is 12.0 Å². The molecule has 2 heterocycles. The van der Waals surface area contributed by atoms with E-state index in [1.165, 1.54) is 4.90 Å². The maximum atomic E-state index is 12.1. The lowest BCUT2D eigenvalue weighted by Crippen LogP contribution is -2.49. The normalized spacial score (nSPS) is 29.6. The Hall–Kier alpha value is -1.63. The zero-order valence-corrected chi connectivity index (χ0v) is 12.8. The smallest absolute Gasteiger partial charge is 0.325 e. The molecule has 21 heavy (non-hydrogen) atoms. The van der Waals surface area contributed by atoms with Crippen LogP contribution in [0, 0.1) is 5.41 Å². The van der Waals surface area contributed by atoms with Gasteiger partial charge in [0.25, 0.3) is 5.91 Å². The van der Waals surface area contributed by atoms with Crippen LogP contribution in [-0.2, 0) is 9.59 Å². The van der Waals surface area contributed by atoms with Crippen LogP contribution in [0.15, 0.2) is 0 Å². The van der Waals surface area contributed by atoms with Gasteiger partial charge in [0.1, 0.15) is 5.54 Å². The van der Waals surface area contributed by atoms with E-state index >= 15 is 0 Å². The highest BCUT2D eigenvalue weighted by molar-refractivity contribution is 6.06. The van der Waals surface area contributed by atoms with Crippen molar-refractivity contribution in [2.75, 3.05) is 26.2 Å². The number of nitrogens with one attached hydrogen (secondary N) is 1. The first-order chi connectivity index (χ1) is 9.66. The quantitative estimate of drug-likeness (QED) is 0.738. The molecule has 7 heteroatoms. The number of carboxylic acids is 1. The molecule has 7 nitrogen and oxygen atoms in total. The number of piperidine rings is 1. The lowest BCUT2D eigenvalue weighted by Gasteiger charge is -2.37. The van der Waals surface area contributed by atoms with E-state index in [2.05, 4.69) is 5.32 Å². The van der Waals surface area contributed by atoms with Gasteiger partial charge in [0, 0.05) is 19.6 Å². The van der Waals surface area contributed by atoms with Gasteiger partial charge < -0.3 is 15.3 Å². The third-order valence-electron chi connectivity index (χ3n) is 4.38. The standard InChI is InChI=1S/C14H23N3O4/c1-13(2)10(18)17(12(21)15-13)8-7-16-6-4-5-14(3,9-16)11(19)20/h4-9H2,1-3H3,(H,15,21)(H,19,20). The molecule has 0 saturated carbocycles. The molecule has 3 amide bonds. The van der Waals surface area contributed by atoms with Gasteiger partial charge in [0.15, 0.2) is 0 Å². The van der Waals surface area contributed by atoms with Crippen molar-refractivity contribution in [2.45, 2.75) is 39.2 Å². The fraction of sp³-hybridized carbons (Fsp3) is 0.786. The van der Waals surface area contributed by atoms with Crippen molar-refractivity contribution >= 4 is 17.9 Å². The Morgan fingerprint density at radius 1 is 1.29 bits per heavy atom. The lowest BCUT2D eigenvalue weighted by atomic mass is 9.82. The van der Waals surface area contributed by atoms with Crippen LogP contribution in [-0.4, -0.2) is 64.5 Å². The average molecular weight is 297 g/mol. The summed E-state index contributed by atoms with van der Waals surface area (Å²) in [6.07, 6.45) is 1.48. The van der Waals surface area contributed by atoms with Gasteiger partial charge in [-0.3, -0.25) is 14.5 Å². The second-order valence-corrected chi connectivity index (χ2v) is 6.76. The molecule has 1 unspecified atom stereocenters. The van der Waals surface area contributed by atoms with E-state index in [1.807, 2.05) is 4.90 Å². The van der Waals surface area contributed by atoms with Crippen LogP contribution in [0.2, 0.25) is 0 Å². The summed E-state index contributed by atoms with van der Waals surface area (Å²) in [4.78, 5) is 38.4. The van der Waals surface area contributed by atoms with Crippen LogP contribution < -0.4 is 5.32 Å². The van der Waals surface area contributed by atoms with Crippen LogP contribution in [0.5, 0.6) is 0 Å². The SMILES string of the molecule is CC1(C(=O)O)CCCN(CCN2C(=O)NC(C)(C)C2=O)C1. The first-order valence-corrected chi connectivity index (χ1v) is 7.26. The summed E-state index contributed by atoms with van der Waals surface area (Å²) in [5.74, 6) is -1.02. The first kappa shape index (κ1) is 15.8. The minimum atomic E-state index is -0.853. The van der Waals surface area contributed by atoms with Gasteiger partial charge in [-0.15, -0.1) is 0 Å². The molecule has 0 radical (unpaired) electrons. The maximum absolute atomic E-state index is 12.1. The predicted octanol–water partition coefficient (Wildman–Crippen LogP) is 0.504. The summed E-state index contributed by atoms with van der Waals surface area (Å²) >= 11 is 0. The average Bonchev–Trinajstić information content (AvgIpc) is 2.56. The summed E-state index contributed by atoms with van der Waals surface area (Å²) in [5.41, 5.74) is -1.59. The van der Waals surface area contributed by atoms with E-state index in [9.17, 15) is 19.5 Å². The van der Waals surface area contributed by atoms with Crippen LogP contribution in [0.4, 0.5) is 4.79 Å². The van der Waals surface area contributed by atoms with E-state index in [4.69, 9.17) is 0 Å². The molecule has 0 aromatic rings. The number of hydrogen-bond donors (Lipinski definition) is 2. The van der Waals surface area contributed by atoms with Crippen LogP contribution >= 0.6 is 0 Å². The number of hydrogen-bond acceptors (Lipinski definition) is 4. The zero-order chi connectivity index (χ0) is 15.8. The Morgan fingerprint density at radius 3 is 2.48 bits per heavy atom. The largest absolute Gasteiger partial charge is 0.481 e. The fourth-order valence-corrected chi connectivity index (χ4v) is 2.97. The molecular weight excluding hydrogens is 274 g/mol. The number of aliphatic carboxylic acids is 1. The van der Waals surface area contributed by atoms with Crippen molar-refractivity contribution in [3.05, 3.63) is 0 Å². The highest BCUT2D eigenvalue weighted by Crippen LogP contribution is 2.29. The summed E-state index contributed by atoms with van der Waals surface area (Å²) in [6.45, 7) is 7.16. The second kappa shape index (κ2) is 5.29. The maximum Gasteiger partial charge on any atom is 0.325 e. The van der Waals surface area contributed by atoms with E-state index < -0.39 is 16.9 Å².